The zero-order valence-corrected chi connectivity index (χ0v) is 62.2. The van der Waals surface area contributed by atoms with Crippen LogP contribution < -0.4 is 0 Å². The van der Waals surface area contributed by atoms with E-state index in [4.69, 9.17) is 35.7 Å². The van der Waals surface area contributed by atoms with Gasteiger partial charge in [0.15, 0.2) is 0 Å². The first-order valence-corrected chi connectivity index (χ1v) is 40.1. The summed E-state index contributed by atoms with van der Waals surface area (Å²) < 4.78 is 0. The third kappa shape index (κ3) is 86.9. The van der Waals surface area contributed by atoms with E-state index in [9.17, 15) is 15.3 Å². The van der Waals surface area contributed by atoms with Crippen molar-refractivity contribution in [2.45, 2.75) is 254 Å². The first kappa shape index (κ1) is 104. The molecule has 0 fully saturated rings. The van der Waals surface area contributed by atoms with Crippen LogP contribution in [0.5, 0.6) is 0 Å². The molecule has 0 spiro atoms. The molecular weight excluding hydrogens is 1140 g/mol. The van der Waals surface area contributed by atoms with Gasteiger partial charge in [-0.05, 0) is 89.5 Å². The summed E-state index contributed by atoms with van der Waals surface area (Å²) in [7, 11) is -0.949. The summed E-state index contributed by atoms with van der Waals surface area (Å²) in [6, 6.07) is 7.50. The Morgan fingerprint density at radius 2 is 0.686 bits per heavy atom. The van der Waals surface area contributed by atoms with Crippen molar-refractivity contribution >= 4 is 86.4 Å². The molecule has 0 aromatic rings. The normalized spacial score (nSPS) is 14.6. The van der Waals surface area contributed by atoms with Gasteiger partial charge < -0.3 is 51.1 Å². The third-order valence-electron chi connectivity index (χ3n) is 11.6. The monoisotopic (exact) mass is 1280 g/mol. The number of hydrogen-bond donors (Lipinski definition) is 10. The predicted octanol–water partition coefficient (Wildman–Crippen LogP) is 9.43. The summed E-state index contributed by atoms with van der Waals surface area (Å²) in [4.78, 5) is 38.6. The highest BCUT2D eigenvalue weighted by Crippen LogP contribution is 2.24. The van der Waals surface area contributed by atoms with E-state index in [1.165, 1.54) is 43.2 Å². The lowest BCUT2D eigenvalue weighted by atomic mass is 10.3. The van der Waals surface area contributed by atoms with Crippen LogP contribution in [0.4, 0.5) is 0 Å². The Hall–Kier alpha value is -3.57. The van der Waals surface area contributed by atoms with Gasteiger partial charge in [-0.1, -0.05) is 117 Å². The number of aliphatic hydroxyl groups is 10. The van der Waals surface area contributed by atoms with E-state index >= 15 is 0 Å². The summed E-state index contributed by atoms with van der Waals surface area (Å²) in [5.41, 5.74) is -0.776. The van der Waals surface area contributed by atoms with Crippen molar-refractivity contribution in [3.05, 3.63) is 25.3 Å². The molecule has 0 rings (SSSR count). The minimum atomic E-state index is -1.45. The molecule has 0 radical (unpaired) electrons. The molecule has 86 heavy (non-hydrogen) atoms. The smallest absolute Gasteiger partial charge is 0.107 e. The number of rotatable bonds is 30. The molecule has 0 aromatic carbocycles. The van der Waals surface area contributed by atoms with Gasteiger partial charge in [0.1, 0.15) is 12.2 Å². The van der Waals surface area contributed by atoms with Gasteiger partial charge in [0.2, 0.25) is 0 Å². The average Bonchev–Trinajstić information content (AvgIpc) is 3.63. The number of hydrogen-bond acceptors (Lipinski definition) is 20. The molecule has 0 bridgehead atoms. The maximum absolute atomic E-state index is 10.0. The Kier molecular flexibility index (Phi) is 96.2. The molecular formula is C63H138N10O10Si3. The summed E-state index contributed by atoms with van der Waals surface area (Å²) in [5.74, 6) is 0. The maximum Gasteiger partial charge on any atom is 0.107 e. The highest BCUT2D eigenvalue weighted by Gasteiger charge is 2.35. The molecule has 0 amide bonds. The van der Waals surface area contributed by atoms with E-state index < -0.39 is 42.5 Å². The second-order valence-electron chi connectivity index (χ2n) is 20.4. The Labute approximate surface area is 530 Å². The lowest BCUT2D eigenvalue weighted by Gasteiger charge is -2.30. The lowest BCUT2D eigenvalue weighted by Crippen LogP contribution is -2.46. The lowest BCUT2D eigenvalue weighted by molar-refractivity contribution is 0.242. The second-order valence-corrected chi connectivity index (χ2v) is 36.6. The van der Waals surface area contributed by atoms with Crippen LogP contribution in [0.3, 0.4) is 0 Å². The SMILES string of the molecule is C=CC(O)C=NC.C=CC(O)C=NCC.CC(C)N=CCO.CC(O)C=NC(C)C.CCN=CC(C)O.CCN=CC(O)CC.CCN=CC(O)[Si](C)(C)C.CCN=CC(O)[Si](CC)(CC)CC.CCN=CCO.CC[Si](CC)(CC)C(O)C=NC. The van der Waals surface area contributed by atoms with Gasteiger partial charge in [-0.15, -0.1) is 13.2 Å². The molecule has 10 N–H and O–H groups in total. The highest BCUT2D eigenvalue weighted by atomic mass is 28.3. The molecule has 0 heterocycles. The largest absolute Gasteiger partial charge is 0.391 e. The Morgan fingerprint density at radius 1 is 0.372 bits per heavy atom. The molecule has 0 aliphatic rings. The molecule has 20 nitrogen and oxygen atoms in total. The quantitative estimate of drug-likeness (QED) is 0.0184. The van der Waals surface area contributed by atoms with E-state index in [0.717, 1.165) is 75.4 Å². The zero-order valence-electron chi connectivity index (χ0n) is 59.2. The first-order valence-electron chi connectivity index (χ1n) is 31.1. The van der Waals surface area contributed by atoms with Crippen LogP contribution in [-0.4, -0.2) is 264 Å². The molecule has 8 atom stereocenters. The van der Waals surface area contributed by atoms with E-state index in [-0.39, 0.29) is 42.6 Å². The van der Waals surface area contributed by atoms with Gasteiger partial charge in [0.25, 0.3) is 0 Å². The minimum Gasteiger partial charge on any atom is -0.391 e. The molecule has 8 unspecified atom stereocenters. The molecule has 0 aliphatic heterocycles. The van der Waals surface area contributed by atoms with Crippen LogP contribution in [-0.2, 0) is 0 Å². The van der Waals surface area contributed by atoms with Crippen LogP contribution in [0.25, 0.3) is 0 Å². The van der Waals surface area contributed by atoms with Crippen molar-refractivity contribution in [1.29, 1.82) is 0 Å². The fraction of sp³-hybridized carbons (Fsp3) is 0.778. The summed E-state index contributed by atoms with van der Waals surface area (Å²) in [5, 5.41) is 88.9. The van der Waals surface area contributed by atoms with Crippen LogP contribution in [0.1, 0.15) is 138 Å². The maximum atomic E-state index is 10.0. The number of aliphatic hydroxyl groups excluding tert-OH is 10. The second kappa shape index (κ2) is 79.4. The topological polar surface area (TPSA) is 326 Å². The van der Waals surface area contributed by atoms with Crippen molar-refractivity contribution in [2.24, 2.45) is 49.9 Å². The molecule has 0 aliphatic carbocycles. The van der Waals surface area contributed by atoms with Gasteiger partial charge in [-0.2, -0.15) is 0 Å². The predicted molar refractivity (Wildman–Crippen MR) is 392 cm³/mol. The van der Waals surface area contributed by atoms with E-state index in [0.29, 0.717) is 18.6 Å². The average molecular weight is 1280 g/mol. The van der Waals surface area contributed by atoms with Gasteiger partial charge in [-0.3, -0.25) is 49.9 Å². The molecule has 23 heteroatoms. The van der Waals surface area contributed by atoms with Crippen LogP contribution in [0.15, 0.2) is 75.2 Å². The first-order chi connectivity index (χ1) is 40.3. The number of nitrogens with zero attached hydrogens (tertiary/aromatic N) is 10. The van der Waals surface area contributed by atoms with Crippen molar-refractivity contribution in [2.75, 3.05) is 66.6 Å². The molecule has 0 saturated heterocycles. The van der Waals surface area contributed by atoms with Gasteiger partial charge in [-0.25, -0.2) is 0 Å². The van der Waals surface area contributed by atoms with E-state index in [1.54, 1.807) is 59.0 Å². The molecule has 512 valence electrons. The Balaban J connectivity index is -0.0000000941. The van der Waals surface area contributed by atoms with Crippen LogP contribution in [0, 0.1) is 0 Å². The Morgan fingerprint density at radius 3 is 0.907 bits per heavy atom. The van der Waals surface area contributed by atoms with E-state index in [1.807, 2.05) is 76.2 Å². The molecule has 0 saturated carbocycles. The summed E-state index contributed by atoms with van der Waals surface area (Å²) in [6.45, 7) is 55.7. The van der Waals surface area contributed by atoms with Crippen molar-refractivity contribution in [3.63, 3.8) is 0 Å². The van der Waals surface area contributed by atoms with Crippen molar-refractivity contribution in [3.8, 4) is 0 Å². The van der Waals surface area contributed by atoms with Crippen molar-refractivity contribution < 1.29 is 51.1 Å². The zero-order chi connectivity index (χ0) is 69.4. The number of aliphatic imine (C=N–C) groups is 10. The van der Waals surface area contributed by atoms with Gasteiger partial charge in [0.05, 0.1) is 72.9 Å². The van der Waals surface area contributed by atoms with Gasteiger partial charge >= 0.3 is 0 Å². The van der Waals surface area contributed by atoms with Crippen LogP contribution in [0.2, 0.25) is 55.9 Å². The summed E-state index contributed by atoms with van der Waals surface area (Å²) in [6.07, 6.45) is 17.0. The van der Waals surface area contributed by atoms with Crippen LogP contribution >= 0.6 is 0 Å². The molecule has 0 aromatic heterocycles. The summed E-state index contributed by atoms with van der Waals surface area (Å²) >= 11 is 0. The van der Waals surface area contributed by atoms with E-state index in [2.05, 4.69) is 124 Å². The fourth-order valence-corrected chi connectivity index (χ4v) is 12.6. The standard InChI is InChI=1S/C10H23NOSi.C9H21NOSi.C7H17NOSi.2C6H13NO.C6H11NO.C5H11NO.C5H9NO.C5H11NO.C4H9NO/c1-5-11-9-10(12)13(6-2,7-3)8-4;1-5-12(6-2,7-3)9(11)8-10-4;1-5-8-6-7(9)10(2,3)4;1-5(2)7-4-6(3)8;2*1-3-6(8)5-7-4-2;1-5(2)6-3-4-7;1-3-5(7)4-6-2;1-3-6-4-5(2)7;1-2-5-3-4-6/h9-10,12H,5-8H2,1-4H3;8-9,11H,5-7H2,1-4H3;6-7,9H,5H2,1-4H3;4-6,8H,1-3H3;5-6,8H,3-4H2,1-2H3;3,5-6,8H,1,4H2,2H3;3,5,7H,4H2,1-2H3;3-5,7H,1H2,2H3;4-5,7H,3H2,1-2H3;3,6H,2,4H2,1H3. The third-order valence-corrected chi connectivity index (χ3v) is 24.8. The van der Waals surface area contributed by atoms with Gasteiger partial charge in [0, 0.05) is 128 Å². The fourth-order valence-electron chi connectivity index (χ4n) is 5.67. The minimum absolute atomic E-state index is 0.0537. The van der Waals surface area contributed by atoms with Crippen molar-refractivity contribution in [1.82, 2.24) is 0 Å². The Bertz CT molecular complexity index is 1620. The highest BCUT2D eigenvalue weighted by molar-refractivity contribution is 6.83.